The highest BCUT2D eigenvalue weighted by molar-refractivity contribution is 5.59. The van der Waals surface area contributed by atoms with Crippen molar-refractivity contribution in [2.75, 3.05) is 37.5 Å². The van der Waals surface area contributed by atoms with E-state index in [0.717, 1.165) is 29.0 Å². The third-order valence-corrected chi connectivity index (χ3v) is 6.31. The first-order chi connectivity index (χ1) is 15.4. The van der Waals surface area contributed by atoms with Gasteiger partial charge in [0.25, 0.3) is 0 Å². The molecule has 0 unspecified atom stereocenters. The molecule has 0 aliphatic heterocycles. The van der Waals surface area contributed by atoms with E-state index in [0.29, 0.717) is 18.0 Å². The molecule has 0 aliphatic rings. The van der Waals surface area contributed by atoms with Gasteiger partial charge in [-0.2, -0.15) is 19.2 Å². The summed E-state index contributed by atoms with van der Waals surface area (Å²) in [6.45, 7) is 11.2. The molecule has 0 aliphatic carbocycles. The highest BCUT2D eigenvalue weighted by atomic mass is 19.1. The first kappa shape index (κ1) is 22.9. The maximum atomic E-state index is 15.3. The summed E-state index contributed by atoms with van der Waals surface area (Å²) in [4.78, 5) is 12.9. The van der Waals surface area contributed by atoms with E-state index in [2.05, 4.69) is 66.9 Å². The Bertz CT molecular complexity index is 1300. The van der Waals surface area contributed by atoms with Crippen LogP contribution in [0.25, 0.3) is 11.3 Å². The zero-order valence-electron chi connectivity index (χ0n) is 20.8. The largest absolute Gasteiger partial charge is 0.363 e. The maximum Gasteiger partial charge on any atom is 0.168 e. The molecule has 0 atom stereocenters. The van der Waals surface area contributed by atoms with Crippen LogP contribution in [-0.2, 0) is 10.8 Å². The first-order valence-electron chi connectivity index (χ1n) is 11.2. The Morgan fingerprint density at radius 3 is 2.09 bits per heavy atom. The van der Waals surface area contributed by atoms with Gasteiger partial charge in [-0.05, 0) is 29.4 Å². The summed E-state index contributed by atoms with van der Waals surface area (Å²) in [5.74, 6) is 1.09. The molecule has 0 saturated heterocycles. The number of anilines is 2. The zero-order chi connectivity index (χ0) is 24.1. The van der Waals surface area contributed by atoms with Gasteiger partial charge in [-0.25, -0.2) is 14.4 Å². The lowest BCUT2D eigenvalue weighted by Crippen LogP contribution is -2.30. The molecule has 0 spiro atoms. The van der Waals surface area contributed by atoms with Crippen molar-refractivity contribution in [2.45, 2.75) is 51.9 Å². The van der Waals surface area contributed by atoms with Gasteiger partial charge in [0.15, 0.2) is 22.9 Å². The van der Waals surface area contributed by atoms with Crippen molar-refractivity contribution in [1.82, 2.24) is 29.2 Å². The average Bonchev–Trinajstić information content (AvgIpc) is 3.39. The molecule has 0 N–H and O–H groups in total. The molecule has 4 aromatic rings. The van der Waals surface area contributed by atoms with E-state index in [1.807, 2.05) is 35.5 Å². The van der Waals surface area contributed by atoms with E-state index >= 15 is 4.39 Å². The second kappa shape index (κ2) is 7.97. The Morgan fingerprint density at radius 2 is 1.48 bits per heavy atom. The molecular weight excluding hydrogens is 419 g/mol. The molecular formula is C24H33FN8. The Morgan fingerprint density at radius 1 is 0.879 bits per heavy atom. The van der Waals surface area contributed by atoms with E-state index in [9.17, 15) is 0 Å². The van der Waals surface area contributed by atoms with Crippen LogP contribution in [0.5, 0.6) is 0 Å². The molecule has 0 bridgehead atoms. The van der Waals surface area contributed by atoms with Gasteiger partial charge in [0.05, 0.1) is 0 Å². The van der Waals surface area contributed by atoms with E-state index in [4.69, 9.17) is 0 Å². The van der Waals surface area contributed by atoms with Crippen molar-refractivity contribution >= 4 is 22.9 Å². The number of rotatable bonds is 6. The fourth-order valence-electron chi connectivity index (χ4n) is 4.28. The Balaban J connectivity index is 1.64. The zero-order valence-corrected chi connectivity index (χ0v) is 20.8. The number of fused-ring (bicyclic) bond motifs is 2. The van der Waals surface area contributed by atoms with Crippen LogP contribution in [-0.4, -0.2) is 56.9 Å². The lowest BCUT2D eigenvalue weighted by atomic mass is 9.81. The van der Waals surface area contributed by atoms with Crippen LogP contribution >= 0.6 is 0 Å². The lowest BCUT2D eigenvalue weighted by molar-refractivity contribution is 0.478. The summed E-state index contributed by atoms with van der Waals surface area (Å²) < 4.78 is 18.8. The summed E-state index contributed by atoms with van der Waals surface area (Å²) in [5, 5.41) is 8.75. The van der Waals surface area contributed by atoms with Crippen LogP contribution in [0.15, 0.2) is 30.9 Å². The minimum atomic E-state index is -0.298. The van der Waals surface area contributed by atoms with Crippen molar-refractivity contribution in [3.63, 3.8) is 0 Å². The fourth-order valence-corrected chi connectivity index (χ4v) is 4.28. The molecule has 4 aromatic heterocycles. The smallest absolute Gasteiger partial charge is 0.168 e. The van der Waals surface area contributed by atoms with Gasteiger partial charge in [0.2, 0.25) is 0 Å². The highest BCUT2D eigenvalue weighted by Crippen LogP contribution is 2.34. The number of pyridine rings is 2. The van der Waals surface area contributed by atoms with Gasteiger partial charge in [-0.3, -0.25) is 0 Å². The molecule has 0 fully saturated rings. The highest BCUT2D eigenvalue weighted by Gasteiger charge is 2.28. The van der Waals surface area contributed by atoms with Crippen LogP contribution in [0.1, 0.15) is 52.2 Å². The molecule has 0 aromatic carbocycles. The van der Waals surface area contributed by atoms with Crippen molar-refractivity contribution in [1.29, 1.82) is 0 Å². The van der Waals surface area contributed by atoms with Crippen LogP contribution in [0.3, 0.4) is 0 Å². The lowest BCUT2D eigenvalue weighted by Gasteiger charge is -2.30. The quantitative estimate of drug-likeness (QED) is 0.439. The van der Waals surface area contributed by atoms with Crippen molar-refractivity contribution < 1.29 is 4.39 Å². The summed E-state index contributed by atoms with van der Waals surface area (Å²) in [6.07, 6.45) is 3.85. The van der Waals surface area contributed by atoms with Crippen LogP contribution in [0.4, 0.5) is 16.0 Å². The number of halogens is 1. The molecule has 4 heterocycles. The molecule has 176 valence electrons. The van der Waals surface area contributed by atoms with Gasteiger partial charge < -0.3 is 9.80 Å². The summed E-state index contributed by atoms with van der Waals surface area (Å²) in [6, 6.07) is 5.78. The number of aromatic nitrogens is 6. The fraction of sp³-hybridized carbons (Fsp3) is 0.500. The van der Waals surface area contributed by atoms with Gasteiger partial charge in [0.1, 0.15) is 18.5 Å². The van der Waals surface area contributed by atoms with Gasteiger partial charge in [0, 0.05) is 38.8 Å². The number of hydrogen-bond donors (Lipinski definition) is 0. The standard InChI is InChI=1S/C24H33FN8/c1-23(2,3)17-13-18(25)22(33-21(17)27-15-29-33)31(8)12-11-24(4,5)16-9-10-19(30(6)7)32-20(16)26-14-28-32/h9-10,13-15H,11-12H2,1-8H3. The Kier molecular flexibility index (Phi) is 5.54. The van der Waals surface area contributed by atoms with Crippen molar-refractivity contribution in [3.8, 4) is 0 Å². The minimum absolute atomic E-state index is 0.212. The van der Waals surface area contributed by atoms with E-state index in [1.54, 1.807) is 16.9 Å². The van der Waals surface area contributed by atoms with Gasteiger partial charge in [-0.1, -0.05) is 40.7 Å². The molecule has 9 heteroatoms. The summed E-state index contributed by atoms with van der Waals surface area (Å²) in [5.41, 5.74) is 3.02. The first-order valence-corrected chi connectivity index (χ1v) is 11.2. The number of hydrogen-bond acceptors (Lipinski definition) is 6. The van der Waals surface area contributed by atoms with Gasteiger partial charge in [-0.15, -0.1) is 0 Å². The normalized spacial score (nSPS) is 12.6. The van der Waals surface area contributed by atoms with E-state index in [-0.39, 0.29) is 16.6 Å². The third-order valence-electron chi connectivity index (χ3n) is 6.31. The summed E-state index contributed by atoms with van der Waals surface area (Å²) in [7, 11) is 5.87. The predicted molar refractivity (Wildman–Crippen MR) is 130 cm³/mol. The van der Waals surface area contributed by atoms with Crippen molar-refractivity contribution in [3.05, 3.63) is 47.8 Å². The van der Waals surface area contributed by atoms with Gasteiger partial charge >= 0.3 is 0 Å². The minimum Gasteiger partial charge on any atom is -0.363 e. The SMILES string of the molecule is CN(C)c1ccc(C(C)(C)CCN(C)c2c(F)cc(C(C)(C)C)c3ncnn23)c2ncnn12. The molecule has 0 amide bonds. The van der Waals surface area contributed by atoms with Crippen molar-refractivity contribution in [2.24, 2.45) is 0 Å². The second-order valence-electron chi connectivity index (χ2n) is 10.5. The van der Waals surface area contributed by atoms with Crippen LogP contribution in [0.2, 0.25) is 0 Å². The predicted octanol–water partition coefficient (Wildman–Crippen LogP) is 4.08. The average molecular weight is 453 g/mol. The second-order valence-corrected chi connectivity index (χ2v) is 10.5. The molecule has 0 radical (unpaired) electrons. The van der Waals surface area contributed by atoms with Crippen LogP contribution < -0.4 is 9.80 Å². The molecule has 8 nitrogen and oxygen atoms in total. The summed E-state index contributed by atoms with van der Waals surface area (Å²) >= 11 is 0. The Labute approximate surface area is 194 Å². The van der Waals surface area contributed by atoms with E-state index in [1.165, 1.54) is 6.33 Å². The topological polar surface area (TPSA) is 66.9 Å². The van der Waals surface area contributed by atoms with Crippen LogP contribution in [0, 0.1) is 5.82 Å². The maximum absolute atomic E-state index is 15.3. The molecule has 0 saturated carbocycles. The molecule has 33 heavy (non-hydrogen) atoms. The third kappa shape index (κ3) is 4.00. The molecule has 4 rings (SSSR count). The Hall–Kier alpha value is -3.23. The monoisotopic (exact) mass is 452 g/mol. The van der Waals surface area contributed by atoms with E-state index < -0.39 is 0 Å². The number of nitrogens with zero attached hydrogens (tertiary/aromatic N) is 8.